The van der Waals surface area contributed by atoms with Gasteiger partial charge < -0.3 is 5.73 Å². The monoisotopic (exact) mass is 299 g/mol. The fourth-order valence-electron chi connectivity index (χ4n) is 1.57. The maximum atomic E-state index is 5.85. The zero-order valence-electron chi connectivity index (χ0n) is 8.53. The van der Waals surface area contributed by atoms with Crippen molar-refractivity contribution in [3.05, 3.63) is 45.7 Å². The number of aromatic nitrogens is 2. The third kappa shape index (κ3) is 2.45. The van der Waals surface area contributed by atoms with E-state index in [2.05, 4.69) is 27.1 Å². The summed E-state index contributed by atoms with van der Waals surface area (Å²) in [6, 6.07) is 6.03. The highest BCUT2D eigenvalue weighted by Gasteiger charge is 2.06. The molecule has 2 aromatic rings. The van der Waals surface area contributed by atoms with E-state index in [4.69, 9.17) is 17.3 Å². The summed E-state index contributed by atoms with van der Waals surface area (Å²) < 4.78 is 2.80. The van der Waals surface area contributed by atoms with Crippen molar-refractivity contribution in [2.45, 2.75) is 6.42 Å². The molecule has 0 atom stereocenters. The van der Waals surface area contributed by atoms with Gasteiger partial charge in [0.2, 0.25) is 0 Å². The zero-order valence-corrected chi connectivity index (χ0v) is 10.9. The first-order valence-electron chi connectivity index (χ1n) is 4.90. The van der Waals surface area contributed by atoms with Gasteiger partial charge in [-0.15, -0.1) is 0 Å². The van der Waals surface area contributed by atoms with Crippen molar-refractivity contribution >= 4 is 27.5 Å². The summed E-state index contributed by atoms with van der Waals surface area (Å²) in [5, 5.41) is 4.81. The second-order valence-electron chi connectivity index (χ2n) is 3.41. The largest absolute Gasteiger partial charge is 0.330 e. The first-order valence-corrected chi connectivity index (χ1v) is 6.07. The number of hydrogen-bond acceptors (Lipinski definition) is 2. The van der Waals surface area contributed by atoms with E-state index >= 15 is 0 Å². The Balaban J connectivity index is 2.47. The molecule has 0 saturated carbocycles. The van der Waals surface area contributed by atoms with E-state index in [1.807, 2.05) is 12.1 Å². The van der Waals surface area contributed by atoms with Gasteiger partial charge in [0.1, 0.15) is 0 Å². The molecule has 84 valence electrons. The summed E-state index contributed by atoms with van der Waals surface area (Å²) in [6.45, 7) is 0.610. The van der Waals surface area contributed by atoms with Gasteiger partial charge in [-0.3, -0.25) is 0 Å². The third-order valence-corrected chi connectivity index (χ3v) is 2.94. The molecule has 0 aliphatic rings. The average molecular weight is 301 g/mol. The number of halogens is 2. The number of nitrogens with two attached hydrogens (primary N) is 1. The van der Waals surface area contributed by atoms with E-state index in [-0.39, 0.29) is 0 Å². The van der Waals surface area contributed by atoms with Crippen LogP contribution in [0.3, 0.4) is 0 Å². The lowest BCUT2D eigenvalue weighted by Crippen LogP contribution is -2.07. The van der Waals surface area contributed by atoms with Crippen LogP contribution >= 0.6 is 27.5 Å². The number of rotatable bonds is 3. The minimum Gasteiger partial charge on any atom is -0.330 e. The van der Waals surface area contributed by atoms with Crippen LogP contribution in [0.2, 0.25) is 5.02 Å². The Kier molecular flexibility index (Phi) is 3.63. The van der Waals surface area contributed by atoms with Crippen molar-refractivity contribution in [1.82, 2.24) is 9.78 Å². The van der Waals surface area contributed by atoms with E-state index in [0.29, 0.717) is 11.6 Å². The van der Waals surface area contributed by atoms with Crippen molar-refractivity contribution in [2.24, 2.45) is 5.73 Å². The fraction of sp³-hybridized carbons (Fsp3) is 0.182. The number of nitrogens with zero attached hydrogens (tertiary/aromatic N) is 2. The van der Waals surface area contributed by atoms with Crippen LogP contribution in [-0.4, -0.2) is 16.3 Å². The van der Waals surface area contributed by atoms with E-state index in [1.165, 1.54) is 0 Å². The highest BCUT2D eigenvalue weighted by Crippen LogP contribution is 2.21. The predicted octanol–water partition coefficient (Wildman–Crippen LogP) is 2.79. The first-order chi connectivity index (χ1) is 7.70. The van der Waals surface area contributed by atoms with Crippen LogP contribution in [0.25, 0.3) is 5.69 Å². The average Bonchev–Trinajstić information content (AvgIpc) is 2.65. The van der Waals surface area contributed by atoms with Crippen molar-refractivity contribution in [1.29, 1.82) is 0 Å². The quantitative estimate of drug-likeness (QED) is 0.947. The van der Waals surface area contributed by atoms with Crippen LogP contribution in [0.15, 0.2) is 35.1 Å². The lowest BCUT2D eigenvalue weighted by molar-refractivity contribution is 0.850. The van der Waals surface area contributed by atoms with Gasteiger partial charge in [-0.2, -0.15) is 5.10 Å². The molecule has 0 bridgehead atoms. The van der Waals surface area contributed by atoms with Crippen molar-refractivity contribution in [3.63, 3.8) is 0 Å². The molecule has 0 spiro atoms. The molecular weight excluding hydrogens is 289 g/mol. The normalized spacial score (nSPS) is 10.7. The van der Waals surface area contributed by atoms with Crippen LogP contribution in [0, 0.1) is 0 Å². The highest BCUT2D eigenvalue weighted by atomic mass is 79.9. The van der Waals surface area contributed by atoms with Gasteiger partial charge in [0.05, 0.1) is 16.9 Å². The number of benzene rings is 1. The van der Waals surface area contributed by atoms with Gasteiger partial charge in [-0.25, -0.2) is 4.68 Å². The lowest BCUT2D eigenvalue weighted by atomic mass is 10.1. The second-order valence-corrected chi connectivity index (χ2v) is 4.77. The first kappa shape index (κ1) is 11.6. The molecular formula is C11H11BrClN3. The molecule has 5 heteroatoms. The lowest BCUT2D eigenvalue weighted by Gasteiger charge is -2.09. The Morgan fingerprint density at radius 2 is 2.25 bits per heavy atom. The van der Waals surface area contributed by atoms with Crippen LogP contribution in [0.1, 0.15) is 5.56 Å². The molecule has 16 heavy (non-hydrogen) atoms. The number of hydrogen-bond donors (Lipinski definition) is 1. The van der Waals surface area contributed by atoms with Crippen LogP contribution < -0.4 is 5.73 Å². The molecule has 0 fully saturated rings. The van der Waals surface area contributed by atoms with Crippen LogP contribution in [0.5, 0.6) is 0 Å². The molecule has 2 N–H and O–H groups in total. The molecule has 0 radical (unpaired) electrons. The van der Waals surface area contributed by atoms with Crippen LogP contribution in [0.4, 0.5) is 0 Å². The standard InChI is InChI=1S/C11H11BrClN3/c12-9-1-2-11(8(5-9)3-4-14)16-7-10(13)6-15-16/h1-2,5-7H,3-4,14H2. The predicted molar refractivity (Wildman–Crippen MR) is 69.0 cm³/mol. The molecule has 0 aliphatic carbocycles. The summed E-state index contributed by atoms with van der Waals surface area (Å²) >= 11 is 9.30. The van der Waals surface area contributed by atoms with E-state index in [0.717, 1.165) is 22.1 Å². The maximum Gasteiger partial charge on any atom is 0.0790 e. The van der Waals surface area contributed by atoms with E-state index < -0.39 is 0 Å². The Labute approximate surface area is 107 Å². The molecule has 1 aromatic heterocycles. The van der Waals surface area contributed by atoms with Crippen molar-refractivity contribution < 1.29 is 0 Å². The molecule has 0 aliphatic heterocycles. The summed E-state index contributed by atoms with van der Waals surface area (Å²) in [4.78, 5) is 0. The van der Waals surface area contributed by atoms with E-state index in [9.17, 15) is 0 Å². The molecule has 0 saturated heterocycles. The summed E-state index contributed by atoms with van der Waals surface area (Å²) in [5.74, 6) is 0. The molecule has 2 rings (SSSR count). The highest BCUT2D eigenvalue weighted by molar-refractivity contribution is 9.10. The van der Waals surface area contributed by atoms with Crippen molar-refractivity contribution in [2.75, 3.05) is 6.54 Å². The zero-order chi connectivity index (χ0) is 11.5. The Bertz CT molecular complexity index is 496. The van der Waals surface area contributed by atoms with Crippen molar-refractivity contribution in [3.8, 4) is 5.69 Å². The van der Waals surface area contributed by atoms with Gasteiger partial charge in [0, 0.05) is 10.7 Å². The van der Waals surface area contributed by atoms with Crippen LogP contribution in [-0.2, 0) is 6.42 Å². The molecule has 1 heterocycles. The SMILES string of the molecule is NCCc1cc(Br)ccc1-n1cc(Cl)cn1. The Hall–Kier alpha value is -0.840. The second kappa shape index (κ2) is 4.99. The molecule has 0 amide bonds. The van der Waals surface area contributed by atoms with Gasteiger partial charge >= 0.3 is 0 Å². The minimum atomic E-state index is 0.610. The summed E-state index contributed by atoms with van der Waals surface area (Å²) in [5.41, 5.74) is 7.76. The van der Waals surface area contributed by atoms with Gasteiger partial charge in [0.25, 0.3) is 0 Å². The Morgan fingerprint density at radius 3 is 2.88 bits per heavy atom. The topological polar surface area (TPSA) is 43.8 Å². The molecule has 1 aromatic carbocycles. The van der Waals surface area contributed by atoms with Gasteiger partial charge in [-0.05, 0) is 36.7 Å². The van der Waals surface area contributed by atoms with Gasteiger partial charge in [0.15, 0.2) is 0 Å². The fourth-order valence-corrected chi connectivity index (χ4v) is 2.11. The van der Waals surface area contributed by atoms with Gasteiger partial charge in [-0.1, -0.05) is 27.5 Å². The molecule has 0 unspecified atom stereocenters. The smallest absolute Gasteiger partial charge is 0.0790 e. The summed E-state index contributed by atoms with van der Waals surface area (Å²) in [7, 11) is 0. The minimum absolute atomic E-state index is 0.610. The molecule has 3 nitrogen and oxygen atoms in total. The Morgan fingerprint density at radius 1 is 1.44 bits per heavy atom. The van der Waals surface area contributed by atoms with E-state index in [1.54, 1.807) is 17.1 Å². The summed E-state index contributed by atoms with van der Waals surface area (Å²) in [6.07, 6.45) is 4.22. The third-order valence-electron chi connectivity index (χ3n) is 2.25. The maximum absolute atomic E-state index is 5.85.